The Labute approximate surface area is 87.2 Å². The minimum absolute atomic E-state index is 0.0252. The van der Waals surface area contributed by atoms with Crippen LogP contribution < -0.4 is 4.42 Å². The smallest absolute Gasteiger partial charge is 0.339 e. The summed E-state index contributed by atoms with van der Waals surface area (Å²) in [6, 6.07) is 1.60. The van der Waals surface area contributed by atoms with E-state index in [2.05, 4.69) is 4.98 Å². The summed E-state index contributed by atoms with van der Waals surface area (Å²) in [5.41, 5.74) is 0.570. The van der Waals surface area contributed by atoms with Gasteiger partial charge in [0.05, 0.1) is 5.69 Å². The Balaban J connectivity index is 3.13. The van der Waals surface area contributed by atoms with E-state index in [0.717, 1.165) is 0 Å². The molecule has 1 heterocycles. The third-order valence-corrected chi connectivity index (χ3v) is 2.28. The normalized spacial score (nSPS) is 10.3. The first-order valence-corrected chi connectivity index (χ1v) is 4.50. The molecular weight excluding hydrogens is 204 g/mol. The molecule has 0 radical (unpaired) electrons. The predicted molar refractivity (Wildman–Crippen MR) is 54.7 cm³/mol. The van der Waals surface area contributed by atoms with Gasteiger partial charge >= 0.3 is 5.97 Å². The molecule has 0 spiro atoms. The van der Waals surface area contributed by atoms with Gasteiger partial charge in [0, 0.05) is 30.2 Å². The molecule has 14 heavy (non-hydrogen) atoms. The second kappa shape index (κ2) is 4.28. The first-order chi connectivity index (χ1) is 6.54. The standard InChI is InChI=1S/C9H11ClN2O2/c1-6(2)12(10)8-3-4-11-5-7(8)9(13)14/h3-6H,1-2H3,(H,13,14). The van der Waals surface area contributed by atoms with Crippen LogP contribution in [0.25, 0.3) is 0 Å². The number of hydrogen-bond acceptors (Lipinski definition) is 3. The van der Waals surface area contributed by atoms with Crippen LogP contribution >= 0.6 is 11.8 Å². The predicted octanol–water partition coefficient (Wildman–Crippen LogP) is 2.15. The minimum atomic E-state index is -1.03. The Morgan fingerprint density at radius 2 is 2.29 bits per heavy atom. The molecule has 1 aromatic heterocycles. The monoisotopic (exact) mass is 214 g/mol. The zero-order valence-electron chi connectivity index (χ0n) is 7.94. The van der Waals surface area contributed by atoms with Crippen LogP contribution in [0, 0.1) is 0 Å². The van der Waals surface area contributed by atoms with E-state index in [1.165, 1.54) is 16.8 Å². The maximum Gasteiger partial charge on any atom is 0.339 e. The summed E-state index contributed by atoms with van der Waals surface area (Å²) < 4.78 is 1.38. The number of aromatic nitrogens is 1. The number of halogens is 1. The Morgan fingerprint density at radius 3 is 2.79 bits per heavy atom. The van der Waals surface area contributed by atoms with Crippen molar-refractivity contribution in [3.63, 3.8) is 0 Å². The van der Waals surface area contributed by atoms with Gasteiger partial charge < -0.3 is 5.11 Å². The van der Waals surface area contributed by atoms with Gasteiger partial charge in [-0.2, -0.15) is 0 Å². The zero-order valence-corrected chi connectivity index (χ0v) is 8.69. The van der Waals surface area contributed by atoms with Crippen LogP contribution in [0.4, 0.5) is 5.69 Å². The van der Waals surface area contributed by atoms with Crippen molar-refractivity contribution in [3.05, 3.63) is 24.0 Å². The fourth-order valence-corrected chi connectivity index (χ4v) is 1.16. The van der Waals surface area contributed by atoms with Gasteiger partial charge in [-0.3, -0.25) is 9.40 Å². The largest absolute Gasteiger partial charge is 0.478 e. The van der Waals surface area contributed by atoms with Crippen molar-refractivity contribution in [1.82, 2.24) is 4.98 Å². The van der Waals surface area contributed by atoms with Crippen molar-refractivity contribution in [2.24, 2.45) is 0 Å². The lowest BCUT2D eigenvalue weighted by molar-refractivity contribution is 0.0697. The number of nitrogens with zero attached hydrogens (tertiary/aromatic N) is 2. The van der Waals surface area contributed by atoms with E-state index >= 15 is 0 Å². The quantitative estimate of drug-likeness (QED) is 0.784. The Kier molecular flexibility index (Phi) is 3.30. The highest BCUT2D eigenvalue weighted by Crippen LogP contribution is 2.23. The molecule has 0 unspecified atom stereocenters. The summed E-state index contributed by atoms with van der Waals surface area (Å²) in [6.07, 6.45) is 2.80. The van der Waals surface area contributed by atoms with Crippen LogP contribution in [-0.2, 0) is 0 Å². The van der Waals surface area contributed by atoms with Crippen molar-refractivity contribution in [3.8, 4) is 0 Å². The first-order valence-electron chi connectivity index (χ1n) is 4.16. The number of carboxylic acids is 1. The molecule has 0 atom stereocenters. The van der Waals surface area contributed by atoms with Crippen molar-refractivity contribution in [2.45, 2.75) is 19.9 Å². The second-order valence-electron chi connectivity index (χ2n) is 3.10. The maximum atomic E-state index is 10.8. The molecule has 76 valence electrons. The zero-order chi connectivity index (χ0) is 10.7. The van der Waals surface area contributed by atoms with Gasteiger partial charge in [-0.05, 0) is 19.9 Å². The second-order valence-corrected chi connectivity index (χ2v) is 3.47. The van der Waals surface area contributed by atoms with Gasteiger partial charge in [0.15, 0.2) is 0 Å². The Hall–Kier alpha value is -1.29. The summed E-state index contributed by atoms with van der Waals surface area (Å²) in [7, 11) is 0. The highest BCUT2D eigenvalue weighted by Gasteiger charge is 2.16. The van der Waals surface area contributed by atoms with E-state index in [1.807, 2.05) is 13.8 Å². The number of rotatable bonds is 3. The number of carboxylic acid groups (broad SMARTS) is 1. The number of pyridine rings is 1. The van der Waals surface area contributed by atoms with Crippen LogP contribution in [0.5, 0.6) is 0 Å². The molecule has 0 aliphatic rings. The van der Waals surface area contributed by atoms with Crippen LogP contribution in [0.2, 0.25) is 0 Å². The SMILES string of the molecule is CC(C)N(Cl)c1ccncc1C(=O)O. The molecule has 0 aromatic carbocycles. The molecule has 0 fully saturated rings. The lowest BCUT2D eigenvalue weighted by atomic mass is 10.2. The van der Waals surface area contributed by atoms with Gasteiger partial charge in [-0.15, -0.1) is 0 Å². The molecule has 1 aromatic rings. The summed E-state index contributed by atoms with van der Waals surface area (Å²) in [4.78, 5) is 14.6. The van der Waals surface area contributed by atoms with Crippen molar-refractivity contribution >= 4 is 23.4 Å². The summed E-state index contributed by atoms with van der Waals surface area (Å²) in [5, 5.41) is 8.87. The van der Waals surface area contributed by atoms with Crippen molar-refractivity contribution in [2.75, 3.05) is 4.42 Å². The Morgan fingerprint density at radius 1 is 1.64 bits per heavy atom. The fourth-order valence-electron chi connectivity index (χ4n) is 1.02. The topological polar surface area (TPSA) is 53.4 Å². The van der Waals surface area contributed by atoms with Gasteiger partial charge in [-0.1, -0.05) is 0 Å². The highest BCUT2D eigenvalue weighted by atomic mass is 35.5. The molecule has 0 bridgehead atoms. The molecule has 0 amide bonds. The van der Waals surface area contributed by atoms with Crippen LogP contribution in [0.15, 0.2) is 18.5 Å². The van der Waals surface area contributed by atoms with Gasteiger partial charge in [0.2, 0.25) is 0 Å². The molecule has 5 heteroatoms. The van der Waals surface area contributed by atoms with E-state index in [0.29, 0.717) is 5.69 Å². The molecule has 0 aliphatic carbocycles. The average molecular weight is 215 g/mol. The lowest BCUT2D eigenvalue weighted by Gasteiger charge is -2.21. The van der Waals surface area contributed by atoms with E-state index in [4.69, 9.17) is 16.9 Å². The number of hydrogen-bond donors (Lipinski definition) is 1. The average Bonchev–Trinajstić information content (AvgIpc) is 2.16. The first kappa shape index (κ1) is 10.8. The van der Waals surface area contributed by atoms with Crippen molar-refractivity contribution in [1.29, 1.82) is 0 Å². The van der Waals surface area contributed by atoms with Gasteiger partial charge in [0.25, 0.3) is 0 Å². The third kappa shape index (κ3) is 2.14. The minimum Gasteiger partial charge on any atom is -0.478 e. The van der Waals surface area contributed by atoms with E-state index in [9.17, 15) is 4.79 Å². The van der Waals surface area contributed by atoms with Gasteiger partial charge in [0.1, 0.15) is 5.56 Å². The molecule has 0 aliphatic heterocycles. The van der Waals surface area contributed by atoms with Gasteiger partial charge in [-0.25, -0.2) is 4.79 Å². The molecule has 0 saturated carbocycles. The summed E-state index contributed by atoms with van der Waals surface area (Å²) >= 11 is 5.93. The van der Waals surface area contributed by atoms with E-state index in [1.54, 1.807) is 6.07 Å². The summed E-state index contributed by atoms with van der Waals surface area (Å²) in [5.74, 6) is -1.03. The van der Waals surface area contributed by atoms with E-state index in [-0.39, 0.29) is 11.6 Å². The maximum absolute atomic E-state index is 10.8. The molecule has 1 N–H and O–H groups in total. The lowest BCUT2D eigenvalue weighted by Crippen LogP contribution is -2.22. The number of anilines is 1. The third-order valence-electron chi connectivity index (χ3n) is 1.71. The Bertz CT molecular complexity index is 341. The molecule has 4 nitrogen and oxygen atoms in total. The molecule has 1 rings (SSSR count). The summed E-state index contributed by atoms with van der Waals surface area (Å²) in [6.45, 7) is 3.75. The number of aromatic carboxylic acids is 1. The van der Waals surface area contributed by atoms with Crippen LogP contribution in [0.3, 0.4) is 0 Å². The van der Waals surface area contributed by atoms with Crippen LogP contribution in [0.1, 0.15) is 24.2 Å². The fraction of sp³-hybridized carbons (Fsp3) is 0.333. The molecular formula is C9H11ClN2O2. The van der Waals surface area contributed by atoms with Crippen molar-refractivity contribution < 1.29 is 9.90 Å². The van der Waals surface area contributed by atoms with Crippen LogP contribution in [-0.4, -0.2) is 22.1 Å². The van der Waals surface area contributed by atoms with E-state index < -0.39 is 5.97 Å². The highest BCUT2D eigenvalue weighted by molar-refractivity contribution is 6.26. The molecule has 0 saturated heterocycles. The number of carbonyl (C=O) groups is 1.